The highest BCUT2D eigenvalue weighted by Crippen LogP contribution is 2.23. The molecule has 0 spiro atoms. The van der Waals surface area contributed by atoms with Gasteiger partial charge in [-0.05, 0) is 42.1 Å². The van der Waals surface area contributed by atoms with Gasteiger partial charge in [0.2, 0.25) is 0 Å². The molecule has 156 valence electrons. The van der Waals surface area contributed by atoms with E-state index in [1.54, 1.807) is 30.6 Å². The summed E-state index contributed by atoms with van der Waals surface area (Å²) in [5.74, 6) is 0.985. The van der Waals surface area contributed by atoms with E-state index in [1.807, 2.05) is 6.07 Å². The Balaban J connectivity index is 1.69. The van der Waals surface area contributed by atoms with E-state index < -0.39 is 5.97 Å². The van der Waals surface area contributed by atoms with Crippen LogP contribution in [0.4, 0.5) is 5.00 Å². The minimum absolute atomic E-state index is 0.413. The van der Waals surface area contributed by atoms with Gasteiger partial charge in [0, 0.05) is 32.7 Å². The predicted molar refractivity (Wildman–Crippen MR) is 117 cm³/mol. The molecule has 0 bridgehead atoms. The fourth-order valence-electron chi connectivity index (χ4n) is 3.30. The zero-order valence-electron chi connectivity index (χ0n) is 17.2. The molecule has 29 heavy (non-hydrogen) atoms. The number of ether oxygens (including phenoxy) is 2. The number of nitrogens with one attached hydrogen (secondary N) is 1. The van der Waals surface area contributed by atoms with Crippen LogP contribution in [-0.2, 0) is 11.3 Å². The van der Waals surface area contributed by atoms with Crippen LogP contribution in [0.25, 0.3) is 0 Å². The fraction of sp³-hybridized carbons (Fsp3) is 0.429. The summed E-state index contributed by atoms with van der Waals surface area (Å²) in [7, 11) is 2.91. The molecule has 7 nitrogen and oxygen atoms in total. The highest BCUT2D eigenvalue weighted by Gasteiger charge is 2.20. The number of aliphatic imine (C=N–C) groups is 1. The molecular weight excluding hydrogens is 388 g/mol. The van der Waals surface area contributed by atoms with Crippen molar-refractivity contribution in [2.24, 2.45) is 4.99 Å². The Morgan fingerprint density at radius 1 is 1.21 bits per heavy atom. The number of hydrogen-bond acceptors (Lipinski definition) is 6. The molecule has 3 rings (SSSR count). The van der Waals surface area contributed by atoms with Crippen molar-refractivity contribution < 1.29 is 14.3 Å². The van der Waals surface area contributed by atoms with Gasteiger partial charge in [-0.1, -0.05) is 6.07 Å². The van der Waals surface area contributed by atoms with Crippen molar-refractivity contribution in [3.05, 3.63) is 46.8 Å². The number of nitrogens with zero attached hydrogens (tertiary/aromatic N) is 3. The molecular formula is C21H28N4O3S. The molecule has 1 fully saturated rings. The lowest BCUT2D eigenvalue weighted by Crippen LogP contribution is -2.52. The molecule has 0 unspecified atom stereocenters. The monoisotopic (exact) mass is 416 g/mol. The maximum absolute atomic E-state index is 12.0. The van der Waals surface area contributed by atoms with Gasteiger partial charge < -0.3 is 24.6 Å². The molecule has 8 heteroatoms. The Hall–Kier alpha value is -2.74. The summed E-state index contributed by atoms with van der Waals surface area (Å²) < 4.78 is 10.1. The maximum Gasteiger partial charge on any atom is 0.341 e. The van der Waals surface area contributed by atoms with Gasteiger partial charge in [-0.15, -0.1) is 11.3 Å². The highest BCUT2D eigenvalue weighted by molar-refractivity contribution is 7.14. The van der Waals surface area contributed by atoms with Gasteiger partial charge >= 0.3 is 5.97 Å². The van der Waals surface area contributed by atoms with E-state index in [0.29, 0.717) is 17.9 Å². The van der Waals surface area contributed by atoms with Crippen molar-refractivity contribution in [3.63, 3.8) is 0 Å². The maximum atomic E-state index is 12.0. The summed E-state index contributed by atoms with van der Waals surface area (Å²) in [4.78, 5) is 21.5. The molecule has 0 aliphatic carbocycles. The van der Waals surface area contributed by atoms with E-state index in [-0.39, 0.29) is 0 Å². The van der Waals surface area contributed by atoms with Gasteiger partial charge in [-0.3, -0.25) is 0 Å². The lowest BCUT2D eigenvalue weighted by atomic mass is 10.1. The van der Waals surface area contributed by atoms with Crippen molar-refractivity contribution in [2.45, 2.75) is 13.5 Å². The lowest BCUT2D eigenvalue weighted by Gasteiger charge is -2.37. The van der Waals surface area contributed by atoms with Crippen molar-refractivity contribution >= 4 is 28.3 Å². The van der Waals surface area contributed by atoms with Gasteiger partial charge in [0.25, 0.3) is 0 Å². The number of carbonyl (C=O) groups excluding carboxylic acids is 1. The number of guanidine groups is 1. The standard InChI is InChI=1S/C21H28N4O3S/c1-4-22-21(25-11-9-24(10-12-25)19-6-5-13-29-19)23-15-16-7-8-18(27-2)17(14-16)20(26)28-3/h5-8,13-14H,4,9-12,15H2,1-3H3,(H,22,23). The summed E-state index contributed by atoms with van der Waals surface area (Å²) in [6.45, 7) is 7.13. The van der Waals surface area contributed by atoms with Crippen LogP contribution in [0, 0.1) is 0 Å². The Morgan fingerprint density at radius 2 is 2.00 bits per heavy atom. The average molecular weight is 417 g/mol. The van der Waals surface area contributed by atoms with Crippen molar-refractivity contribution in [2.75, 3.05) is 51.8 Å². The van der Waals surface area contributed by atoms with Crippen molar-refractivity contribution in [1.29, 1.82) is 0 Å². The number of hydrogen-bond donors (Lipinski definition) is 1. The lowest BCUT2D eigenvalue weighted by molar-refractivity contribution is 0.0597. The van der Waals surface area contributed by atoms with Crippen LogP contribution in [0.3, 0.4) is 0 Å². The number of esters is 1. The van der Waals surface area contributed by atoms with E-state index in [2.05, 4.69) is 39.6 Å². The Labute approximate surface area is 175 Å². The molecule has 2 heterocycles. The van der Waals surface area contributed by atoms with Gasteiger partial charge in [-0.25, -0.2) is 9.79 Å². The summed E-state index contributed by atoms with van der Waals surface area (Å²) >= 11 is 1.78. The molecule has 1 N–H and O–H groups in total. The molecule has 0 saturated carbocycles. The molecule has 2 aromatic rings. The molecule has 1 saturated heterocycles. The summed E-state index contributed by atoms with van der Waals surface area (Å²) in [6.07, 6.45) is 0. The summed E-state index contributed by atoms with van der Waals surface area (Å²) in [6, 6.07) is 9.75. The van der Waals surface area contributed by atoms with E-state index in [0.717, 1.165) is 44.2 Å². The minimum Gasteiger partial charge on any atom is -0.496 e. The van der Waals surface area contributed by atoms with Crippen LogP contribution in [0.2, 0.25) is 0 Å². The molecule has 1 aliphatic heterocycles. The molecule has 0 radical (unpaired) electrons. The SMILES string of the molecule is CCNC(=NCc1ccc(OC)c(C(=O)OC)c1)N1CCN(c2cccs2)CC1. The number of rotatable bonds is 6. The number of benzene rings is 1. The predicted octanol–water partition coefficient (Wildman–Crippen LogP) is 2.83. The first kappa shape index (κ1) is 21.0. The third-order valence-corrected chi connectivity index (χ3v) is 5.74. The zero-order valence-corrected chi connectivity index (χ0v) is 18.0. The third kappa shape index (κ3) is 5.20. The van der Waals surface area contributed by atoms with E-state index in [4.69, 9.17) is 14.5 Å². The normalized spacial score (nSPS) is 14.7. The molecule has 0 atom stereocenters. The van der Waals surface area contributed by atoms with E-state index >= 15 is 0 Å². The number of thiophene rings is 1. The second-order valence-corrected chi connectivity index (χ2v) is 7.55. The largest absolute Gasteiger partial charge is 0.496 e. The van der Waals surface area contributed by atoms with Gasteiger partial charge in [0.05, 0.1) is 25.8 Å². The number of anilines is 1. The van der Waals surface area contributed by atoms with E-state index in [9.17, 15) is 4.79 Å². The quantitative estimate of drug-likeness (QED) is 0.444. The van der Waals surface area contributed by atoms with Gasteiger partial charge in [-0.2, -0.15) is 0 Å². The Bertz CT molecular complexity index is 830. The van der Waals surface area contributed by atoms with Gasteiger partial charge in [0.15, 0.2) is 5.96 Å². The minimum atomic E-state index is -0.413. The van der Waals surface area contributed by atoms with E-state index in [1.165, 1.54) is 12.1 Å². The molecule has 0 amide bonds. The van der Waals surface area contributed by atoms with Crippen LogP contribution in [0.5, 0.6) is 5.75 Å². The average Bonchev–Trinajstić information content (AvgIpc) is 3.31. The topological polar surface area (TPSA) is 66.4 Å². The van der Waals surface area contributed by atoms with Gasteiger partial charge in [0.1, 0.15) is 11.3 Å². The molecule has 1 aromatic heterocycles. The van der Waals surface area contributed by atoms with Crippen LogP contribution in [-0.4, -0.2) is 63.8 Å². The van der Waals surface area contributed by atoms with Crippen LogP contribution in [0.1, 0.15) is 22.8 Å². The van der Waals surface area contributed by atoms with Crippen LogP contribution < -0.4 is 15.0 Å². The van der Waals surface area contributed by atoms with Crippen molar-refractivity contribution in [3.8, 4) is 5.75 Å². The second kappa shape index (κ2) is 10.2. The Morgan fingerprint density at radius 3 is 2.62 bits per heavy atom. The zero-order chi connectivity index (χ0) is 20.6. The summed E-state index contributed by atoms with van der Waals surface area (Å²) in [5.41, 5.74) is 1.34. The number of piperazine rings is 1. The van der Waals surface area contributed by atoms with Crippen molar-refractivity contribution in [1.82, 2.24) is 10.2 Å². The third-order valence-electron chi connectivity index (χ3n) is 4.81. The smallest absolute Gasteiger partial charge is 0.341 e. The van der Waals surface area contributed by atoms with Crippen LogP contribution >= 0.6 is 11.3 Å². The van der Waals surface area contributed by atoms with Crippen LogP contribution in [0.15, 0.2) is 40.7 Å². The number of carbonyl (C=O) groups is 1. The highest BCUT2D eigenvalue weighted by atomic mass is 32.1. The first-order valence-electron chi connectivity index (χ1n) is 9.73. The summed E-state index contributed by atoms with van der Waals surface area (Å²) in [5, 5.41) is 6.82. The molecule has 1 aliphatic rings. The first-order valence-corrected chi connectivity index (χ1v) is 10.6. The number of methoxy groups -OCH3 is 2. The Kier molecular flexibility index (Phi) is 7.35. The molecule has 1 aromatic carbocycles. The first-order chi connectivity index (χ1) is 14.2. The second-order valence-electron chi connectivity index (χ2n) is 6.62. The fourth-order valence-corrected chi connectivity index (χ4v) is 4.09.